The van der Waals surface area contributed by atoms with Gasteiger partial charge in [0.15, 0.2) is 5.96 Å². The molecular formula is C24H36N4O2. The molecule has 2 rings (SSSR count). The van der Waals surface area contributed by atoms with Gasteiger partial charge < -0.3 is 25.0 Å². The van der Waals surface area contributed by atoms with E-state index in [1.54, 1.807) is 14.2 Å². The summed E-state index contributed by atoms with van der Waals surface area (Å²) < 4.78 is 10.9. The number of hydrogen-bond acceptors (Lipinski definition) is 4. The highest BCUT2D eigenvalue weighted by Gasteiger charge is 2.02. The van der Waals surface area contributed by atoms with Crippen molar-refractivity contribution in [3.05, 3.63) is 71.3 Å². The summed E-state index contributed by atoms with van der Waals surface area (Å²) in [6.07, 6.45) is 1.05. The van der Waals surface area contributed by atoms with Crippen LogP contribution in [0, 0.1) is 0 Å². The van der Waals surface area contributed by atoms with Gasteiger partial charge in [0.1, 0.15) is 0 Å². The Balaban J connectivity index is 1.64. The van der Waals surface area contributed by atoms with Crippen LogP contribution in [0.5, 0.6) is 0 Å². The molecule has 0 saturated heterocycles. The quantitative estimate of drug-likeness (QED) is 0.301. The maximum absolute atomic E-state index is 5.80. The lowest BCUT2D eigenvalue weighted by molar-refractivity contribution is 0.107. The number of benzene rings is 2. The molecule has 6 heteroatoms. The molecule has 0 aliphatic carbocycles. The zero-order valence-electron chi connectivity index (χ0n) is 18.6. The number of ether oxygens (including phenoxy) is 2. The minimum absolute atomic E-state index is 0.615. The first-order valence-corrected chi connectivity index (χ1v) is 10.5. The predicted molar refractivity (Wildman–Crippen MR) is 124 cm³/mol. The van der Waals surface area contributed by atoms with E-state index < -0.39 is 0 Å². The Morgan fingerprint density at radius 1 is 0.900 bits per heavy atom. The highest BCUT2D eigenvalue weighted by Crippen LogP contribution is 2.08. The molecule has 2 aromatic rings. The summed E-state index contributed by atoms with van der Waals surface area (Å²) in [5.41, 5.74) is 3.58. The van der Waals surface area contributed by atoms with Gasteiger partial charge in [0, 0.05) is 46.9 Å². The number of aliphatic imine (C=N–C) groups is 1. The third-order valence-corrected chi connectivity index (χ3v) is 4.76. The van der Waals surface area contributed by atoms with Gasteiger partial charge >= 0.3 is 0 Å². The van der Waals surface area contributed by atoms with Crippen LogP contribution in [0.1, 0.15) is 23.1 Å². The lowest BCUT2D eigenvalue weighted by Crippen LogP contribution is -2.40. The van der Waals surface area contributed by atoms with Crippen molar-refractivity contribution in [1.82, 2.24) is 15.5 Å². The van der Waals surface area contributed by atoms with Crippen LogP contribution < -0.4 is 10.6 Å². The highest BCUT2D eigenvalue weighted by molar-refractivity contribution is 5.79. The largest absolute Gasteiger partial charge is 0.385 e. The SMILES string of the molecule is CN=C(NCCN(C)CCCOC)NCc1ccc(COCc2ccccc2)cc1. The Hall–Kier alpha value is -2.41. The Morgan fingerprint density at radius 3 is 2.23 bits per heavy atom. The van der Waals surface area contributed by atoms with Crippen LogP contribution in [-0.2, 0) is 29.2 Å². The van der Waals surface area contributed by atoms with Crippen molar-refractivity contribution in [2.75, 3.05) is 47.4 Å². The maximum atomic E-state index is 5.80. The molecule has 0 aliphatic heterocycles. The topological polar surface area (TPSA) is 58.1 Å². The number of rotatable bonds is 13. The van der Waals surface area contributed by atoms with E-state index in [9.17, 15) is 0 Å². The average Bonchev–Trinajstić information content (AvgIpc) is 2.78. The molecule has 0 aromatic heterocycles. The van der Waals surface area contributed by atoms with Crippen molar-refractivity contribution in [1.29, 1.82) is 0 Å². The van der Waals surface area contributed by atoms with Crippen LogP contribution in [0.2, 0.25) is 0 Å². The van der Waals surface area contributed by atoms with Crippen LogP contribution in [0.4, 0.5) is 0 Å². The molecule has 0 fully saturated rings. The van der Waals surface area contributed by atoms with Gasteiger partial charge in [-0.2, -0.15) is 0 Å². The Bertz CT molecular complexity index is 720. The van der Waals surface area contributed by atoms with Crippen molar-refractivity contribution < 1.29 is 9.47 Å². The van der Waals surface area contributed by atoms with Gasteiger partial charge in [-0.3, -0.25) is 4.99 Å². The lowest BCUT2D eigenvalue weighted by Gasteiger charge is -2.18. The van der Waals surface area contributed by atoms with Gasteiger partial charge in [0.2, 0.25) is 0 Å². The molecule has 164 valence electrons. The van der Waals surface area contributed by atoms with Crippen molar-refractivity contribution in [2.24, 2.45) is 4.99 Å². The molecule has 0 aliphatic rings. The Labute approximate surface area is 181 Å². The third kappa shape index (κ3) is 9.87. The number of nitrogens with one attached hydrogen (secondary N) is 2. The van der Waals surface area contributed by atoms with E-state index in [1.807, 2.05) is 18.2 Å². The van der Waals surface area contributed by atoms with Crippen molar-refractivity contribution in [3.63, 3.8) is 0 Å². The normalized spacial score (nSPS) is 11.7. The fraction of sp³-hybridized carbons (Fsp3) is 0.458. The summed E-state index contributed by atoms with van der Waals surface area (Å²) in [5, 5.41) is 6.73. The molecule has 30 heavy (non-hydrogen) atoms. The molecule has 0 saturated carbocycles. The second-order valence-electron chi connectivity index (χ2n) is 7.30. The number of hydrogen-bond donors (Lipinski definition) is 2. The fourth-order valence-corrected chi connectivity index (χ4v) is 2.98. The Morgan fingerprint density at radius 2 is 1.57 bits per heavy atom. The molecule has 0 unspecified atom stereocenters. The van der Waals surface area contributed by atoms with Gasteiger partial charge in [-0.05, 0) is 30.2 Å². The van der Waals surface area contributed by atoms with E-state index in [0.717, 1.165) is 45.2 Å². The maximum Gasteiger partial charge on any atom is 0.191 e. The number of guanidine groups is 1. The summed E-state index contributed by atoms with van der Waals surface area (Å²) in [4.78, 5) is 6.59. The van der Waals surface area contributed by atoms with Crippen LogP contribution >= 0.6 is 0 Å². The van der Waals surface area contributed by atoms with Gasteiger partial charge in [-0.1, -0.05) is 54.6 Å². The molecule has 0 amide bonds. The zero-order chi connectivity index (χ0) is 21.4. The lowest BCUT2D eigenvalue weighted by atomic mass is 10.1. The number of methoxy groups -OCH3 is 1. The van der Waals surface area contributed by atoms with Crippen LogP contribution in [0.15, 0.2) is 59.6 Å². The first-order valence-electron chi connectivity index (χ1n) is 10.5. The average molecular weight is 413 g/mol. The molecule has 0 heterocycles. The van der Waals surface area contributed by atoms with Crippen molar-refractivity contribution in [3.8, 4) is 0 Å². The summed E-state index contributed by atoms with van der Waals surface area (Å²) >= 11 is 0. The monoisotopic (exact) mass is 412 g/mol. The molecule has 0 atom stereocenters. The van der Waals surface area contributed by atoms with Gasteiger partial charge in [0.05, 0.1) is 13.2 Å². The molecular weight excluding hydrogens is 376 g/mol. The summed E-state index contributed by atoms with van der Waals surface area (Å²) in [6, 6.07) is 18.7. The smallest absolute Gasteiger partial charge is 0.191 e. The highest BCUT2D eigenvalue weighted by atomic mass is 16.5. The summed E-state index contributed by atoms with van der Waals surface area (Å²) in [5.74, 6) is 0.815. The Kier molecular flexibility index (Phi) is 11.6. The van der Waals surface area contributed by atoms with E-state index in [4.69, 9.17) is 9.47 Å². The molecule has 0 bridgehead atoms. The molecule has 2 aromatic carbocycles. The number of nitrogens with zero attached hydrogens (tertiary/aromatic N) is 2. The molecule has 0 spiro atoms. The standard InChI is InChI=1S/C24H36N4O2/c1-25-24(26-14-16-28(2)15-7-17-29-3)27-18-21-10-12-23(13-11-21)20-30-19-22-8-5-4-6-9-22/h4-6,8-13H,7,14-20H2,1-3H3,(H2,25,26,27). The fourth-order valence-electron chi connectivity index (χ4n) is 2.98. The van der Waals surface area contributed by atoms with Gasteiger partial charge in [0.25, 0.3) is 0 Å². The van der Waals surface area contributed by atoms with Crippen molar-refractivity contribution in [2.45, 2.75) is 26.2 Å². The first kappa shape index (κ1) is 23.9. The van der Waals surface area contributed by atoms with E-state index in [0.29, 0.717) is 13.2 Å². The molecule has 2 N–H and O–H groups in total. The third-order valence-electron chi connectivity index (χ3n) is 4.76. The van der Waals surface area contributed by atoms with E-state index in [-0.39, 0.29) is 0 Å². The minimum atomic E-state index is 0.615. The van der Waals surface area contributed by atoms with E-state index in [1.165, 1.54) is 16.7 Å². The zero-order valence-corrected chi connectivity index (χ0v) is 18.6. The van der Waals surface area contributed by atoms with Gasteiger partial charge in [-0.15, -0.1) is 0 Å². The van der Waals surface area contributed by atoms with E-state index >= 15 is 0 Å². The van der Waals surface area contributed by atoms with Crippen molar-refractivity contribution >= 4 is 5.96 Å². The predicted octanol–water partition coefficient (Wildman–Crippen LogP) is 3.04. The second kappa shape index (κ2) is 14.6. The number of likely N-dealkylation sites (N-methyl/N-ethyl adjacent to an activating group) is 1. The van der Waals surface area contributed by atoms with Crippen LogP contribution in [0.25, 0.3) is 0 Å². The minimum Gasteiger partial charge on any atom is -0.385 e. The van der Waals surface area contributed by atoms with Crippen LogP contribution in [-0.4, -0.2) is 58.3 Å². The summed E-state index contributed by atoms with van der Waals surface area (Å²) in [7, 11) is 5.66. The molecule has 6 nitrogen and oxygen atoms in total. The van der Waals surface area contributed by atoms with Crippen LogP contribution in [0.3, 0.4) is 0 Å². The van der Waals surface area contributed by atoms with Gasteiger partial charge in [-0.25, -0.2) is 0 Å². The molecule has 0 radical (unpaired) electrons. The summed E-state index contributed by atoms with van der Waals surface area (Å²) in [6.45, 7) is 5.62. The first-order chi connectivity index (χ1) is 14.7. The second-order valence-corrected chi connectivity index (χ2v) is 7.30. The van der Waals surface area contributed by atoms with E-state index in [2.05, 4.69) is 64.0 Å².